The summed E-state index contributed by atoms with van der Waals surface area (Å²) in [7, 11) is 5.70. The molecule has 1 aliphatic heterocycles. The molecule has 0 aliphatic carbocycles. The fourth-order valence-electron chi connectivity index (χ4n) is 3.55. The Morgan fingerprint density at radius 2 is 1.77 bits per heavy atom. The molecule has 2 N–H and O–H groups in total. The Bertz CT molecular complexity index is 850. The number of urea groups is 1. The van der Waals surface area contributed by atoms with Gasteiger partial charge in [0.2, 0.25) is 5.91 Å². The van der Waals surface area contributed by atoms with E-state index in [0.717, 1.165) is 24.4 Å². The van der Waals surface area contributed by atoms with E-state index in [1.165, 1.54) is 11.1 Å². The topological polar surface area (TPSA) is 73.9 Å². The van der Waals surface area contributed by atoms with Gasteiger partial charge in [-0.1, -0.05) is 24.3 Å². The number of carbonyl (C=O) groups is 2. The zero-order chi connectivity index (χ0) is 21.5. The van der Waals surface area contributed by atoms with Gasteiger partial charge in [0.1, 0.15) is 5.75 Å². The van der Waals surface area contributed by atoms with Crippen LogP contribution in [0.25, 0.3) is 0 Å². The van der Waals surface area contributed by atoms with E-state index in [4.69, 9.17) is 4.74 Å². The van der Waals surface area contributed by atoms with Crippen molar-refractivity contribution < 1.29 is 14.3 Å². The molecular weight excluding hydrogens is 380 g/mol. The van der Waals surface area contributed by atoms with Crippen LogP contribution in [0.2, 0.25) is 0 Å². The van der Waals surface area contributed by atoms with Gasteiger partial charge in [-0.15, -0.1) is 0 Å². The van der Waals surface area contributed by atoms with E-state index < -0.39 is 0 Å². The number of nitrogens with one attached hydrogen (secondary N) is 2. The average Bonchev–Trinajstić information content (AvgIpc) is 3.09. The monoisotopic (exact) mass is 410 g/mol. The number of methoxy groups -OCH3 is 1. The van der Waals surface area contributed by atoms with Crippen LogP contribution < -0.4 is 20.3 Å². The van der Waals surface area contributed by atoms with Gasteiger partial charge in [-0.05, 0) is 55.9 Å². The van der Waals surface area contributed by atoms with Crippen molar-refractivity contribution in [2.24, 2.45) is 0 Å². The Morgan fingerprint density at radius 1 is 1.10 bits per heavy atom. The van der Waals surface area contributed by atoms with Crippen LogP contribution in [0.1, 0.15) is 17.5 Å². The first-order valence-corrected chi connectivity index (χ1v) is 10.2. The fraction of sp³-hybridized carbons (Fsp3) is 0.391. The van der Waals surface area contributed by atoms with Crippen LogP contribution in [-0.4, -0.2) is 57.2 Å². The zero-order valence-corrected chi connectivity index (χ0v) is 17.9. The molecule has 0 saturated carbocycles. The van der Waals surface area contributed by atoms with Crippen molar-refractivity contribution in [2.75, 3.05) is 39.2 Å². The van der Waals surface area contributed by atoms with Gasteiger partial charge >= 0.3 is 6.03 Å². The van der Waals surface area contributed by atoms with Crippen molar-refractivity contribution in [3.8, 4) is 5.75 Å². The molecule has 7 heteroatoms. The minimum atomic E-state index is -0.242. The summed E-state index contributed by atoms with van der Waals surface area (Å²) in [5.74, 6) is 0.745. The lowest BCUT2D eigenvalue weighted by atomic mass is 10.1. The van der Waals surface area contributed by atoms with Gasteiger partial charge < -0.3 is 25.2 Å². The third-order valence-electron chi connectivity index (χ3n) is 5.07. The first-order valence-electron chi connectivity index (χ1n) is 10.2. The van der Waals surface area contributed by atoms with E-state index in [-0.39, 0.29) is 18.0 Å². The standard InChI is InChI=1S/C23H30N4O3/c1-26(2)15-18-6-4-17(5-7-18)12-13-24-23(29)25-19-14-22(28)27(16-19)20-8-10-21(30-3)11-9-20/h4-11,19H,12-16H2,1-3H3,(H2,24,25,29). The number of benzene rings is 2. The molecule has 2 aromatic carbocycles. The zero-order valence-electron chi connectivity index (χ0n) is 17.9. The summed E-state index contributed by atoms with van der Waals surface area (Å²) in [6.45, 7) is 1.92. The largest absolute Gasteiger partial charge is 0.497 e. The van der Waals surface area contributed by atoms with Gasteiger partial charge in [-0.25, -0.2) is 4.79 Å². The second kappa shape index (κ2) is 10.1. The quantitative estimate of drug-likeness (QED) is 0.701. The maximum absolute atomic E-state index is 12.3. The minimum Gasteiger partial charge on any atom is -0.497 e. The molecule has 0 spiro atoms. The maximum atomic E-state index is 12.3. The molecule has 0 radical (unpaired) electrons. The molecule has 30 heavy (non-hydrogen) atoms. The molecule has 2 aromatic rings. The normalized spacial score (nSPS) is 16.1. The van der Waals surface area contributed by atoms with Crippen molar-refractivity contribution in [1.82, 2.24) is 15.5 Å². The highest BCUT2D eigenvalue weighted by atomic mass is 16.5. The average molecular weight is 411 g/mol. The molecule has 1 fully saturated rings. The number of nitrogens with zero attached hydrogens (tertiary/aromatic N) is 2. The van der Waals surface area contributed by atoms with E-state index in [2.05, 4.69) is 39.8 Å². The molecular formula is C23H30N4O3. The fourth-order valence-corrected chi connectivity index (χ4v) is 3.55. The lowest BCUT2D eigenvalue weighted by Gasteiger charge is -2.18. The van der Waals surface area contributed by atoms with Crippen molar-refractivity contribution in [3.63, 3.8) is 0 Å². The number of carbonyl (C=O) groups excluding carboxylic acids is 2. The van der Waals surface area contributed by atoms with Gasteiger partial charge in [0.15, 0.2) is 0 Å². The number of ether oxygens (including phenoxy) is 1. The van der Waals surface area contributed by atoms with Gasteiger partial charge in [0, 0.05) is 31.7 Å². The third kappa shape index (κ3) is 5.97. The second-order valence-electron chi connectivity index (χ2n) is 7.81. The van der Waals surface area contributed by atoms with Crippen molar-refractivity contribution in [2.45, 2.75) is 25.4 Å². The molecule has 160 valence electrons. The number of anilines is 1. The van der Waals surface area contributed by atoms with Crippen molar-refractivity contribution in [1.29, 1.82) is 0 Å². The van der Waals surface area contributed by atoms with Gasteiger partial charge in [-0.3, -0.25) is 4.79 Å². The Morgan fingerprint density at radius 3 is 2.40 bits per heavy atom. The number of rotatable bonds is 8. The number of hydrogen-bond donors (Lipinski definition) is 2. The Kier molecular flexibility index (Phi) is 7.30. The molecule has 0 aromatic heterocycles. The molecule has 1 unspecified atom stereocenters. The van der Waals surface area contributed by atoms with Crippen LogP contribution in [0.3, 0.4) is 0 Å². The van der Waals surface area contributed by atoms with Gasteiger partial charge in [0.05, 0.1) is 13.2 Å². The third-order valence-corrected chi connectivity index (χ3v) is 5.07. The van der Waals surface area contributed by atoms with Crippen LogP contribution in [0, 0.1) is 0 Å². The van der Waals surface area contributed by atoms with Crippen LogP contribution >= 0.6 is 0 Å². The first-order chi connectivity index (χ1) is 14.4. The first kappa shape index (κ1) is 21.6. The van der Waals surface area contributed by atoms with E-state index in [1.807, 2.05) is 38.4 Å². The van der Waals surface area contributed by atoms with Crippen LogP contribution in [0.5, 0.6) is 5.75 Å². The highest BCUT2D eigenvalue weighted by Crippen LogP contribution is 2.24. The summed E-state index contributed by atoms with van der Waals surface area (Å²) in [4.78, 5) is 28.4. The summed E-state index contributed by atoms with van der Waals surface area (Å²) >= 11 is 0. The molecule has 3 rings (SSSR count). The van der Waals surface area contributed by atoms with E-state index in [0.29, 0.717) is 19.5 Å². The highest BCUT2D eigenvalue weighted by Gasteiger charge is 2.31. The van der Waals surface area contributed by atoms with Gasteiger partial charge in [-0.2, -0.15) is 0 Å². The van der Waals surface area contributed by atoms with Crippen molar-refractivity contribution >= 4 is 17.6 Å². The molecule has 1 aliphatic rings. The minimum absolute atomic E-state index is 0.00304. The van der Waals surface area contributed by atoms with Crippen molar-refractivity contribution in [3.05, 3.63) is 59.7 Å². The second-order valence-corrected chi connectivity index (χ2v) is 7.81. The summed E-state index contributed by atoms with van der Waals surface area (Å²) in [6.07, 6.45) is 1.06. The van der Waals surface area contributed by atoms with Crippen LogP contribution in [0.4, 0.5) is 10.5 Å². The predicted octanol–water partition coefficient (Wildman–Crippen LogP) is 2.40. The Balaban J connectivity index is 1.42. The maximum Gasteiger partial charge on any atom is 0.315 e. The highest BCUT2D eigenvalue weighted by molar-refractivity contribution is 5.96. The predicted molar refractivity (Wildman–Crippen MR) is 118 cm³/mol. The Hall–Kier alpha value is -3.06. The van der Waals surface area contributed by atoms with E-state index in [9.17, 15) is 9.59 Å². The lowest BCUT2D eigenvalue weighted by Crippen LogP contribution is -2.43. The molecule has 3 amide bonds. The summed E-state index contributed by atoms with van der Waals surface area (Å²) in [6, 6.07) is 15.3. The molecule has 0 bridgehead atoms. The van der Waals surface area contributed by atoms with E-state index >= 15 is 0 Å². The smallest absolute Gasteiger partial charge is 0.315 e. The molecule has 1 saturated heterocycles. The molecule has 7 nitrogen and oxygen atoms in total. The van der Waals surface area contributed by atoms with Crippen LogP contribution in [-0.2, 0) is 17.8 Å². The molecule has 1 atom stereocenters. The molecule has 1 heterocycles. The Labute approximate surface area is 178 Å². The van der Waals surface area contributed by atoms with Gasteiger partial charge in [0.25, 0.3) is 0 Å². The SMILES string of the molecule is COc1ccc(N2CC(NC(=O)NCCc3ccc(CN(C)C)cc3)CC2=O)cc1. The summed E-state index contributed by atoms with van der Waals surface area (Å²) < 4.78 is 5.15. The number of hydrogen-bond acceptors (Lipinski definition) is 4. The summed E-state index contributed by atoms with van der Waals surface area (Å²) in [5.41, 5.74) is 3.25. The van der Waals surface area contributed by atoms with Crippen LogP contribution in [0.15, 0.2) is 48.5 Å². The summed E-state index contributed by atoms with van der Waals surface area (Å²) in [5, 5.41) is 5.79. The number of amides is 3. The van der Waals surface area contributed by atoms with E-state index in [1.54, 1.807) is 12.0 Å². The lowest BCUT2D eigenvalue weighted by molar-refractivity contribution is -0.117.